The summed E-state index contributed by atoms with van der Waals surface area (Å²) in [5.41, 5.74) is 4.57. The number of benzene rings is 1. The highest BCUT2D eigenvalue weighted by atomic mass is 16.1. The fourth-order valence-corrected chi connectivity index (χ4v) is 4.53. The number of piperidine rings is 1. The molecule has 0 spiro atoms. The molecule has 1 aromatic carbocycles. The maximum Gasteiger partial charge on any atom is 0.256 e. The molecule has 0 aliphatic carbocycles. The average molecular weight is 467 g/mol. The van der Waals surface area contributed by atoms with Gasteiger partial charge in [0.2, 0.25) is 0 Å². The van der Waals surface area contributed by atoms with Gasteiger partial charge in [0.25, 0.3) is 5.91 Å². The summed E-state index contributed by atoms with van der Waals surface area (Å²) in [6, 6.07) is 14.2. The number of hydrogen-bond donors (Lipinski definition) is 3. The van der Waals surface area contributed by atoms with E-state index >= 15 is 0 Å². The first-order valence-electron chi connectivity index (χ1n) is 12.1. The molecule has 35 heavy (non-hydrogen) atoms. The molecule has 3 N–H and O–H groups in total. The Bertz CT molecular complexity index is 1350. The van der Waals surface area contributed by atoms with Crippen LogP contribution in [-0.2, 0) is 0 Å². The molecule has 4 heterocycles. The van der Waals surface area contributed by atoms with Crippen molar-refractivity contribution in [1.29, 1.82) is 0 Å². The number of fused-ring (bicyclic) bond motifs is 1. The highest BCUT2D eigenvalue weighted by Gasteiger charge is 2.17. The molecule has 0 unspecified atom stereocenters. The van der Waals surface area contributed by atoms with E-state index in [0.29, 0.717) is 23.3 Å². The van der Waals surface area contributed by atoms with Crippen LogP contribution in [-0.4, -0.2) is 40.0 Å². The zero-order valence-corrected chi connectivity index (χ0v) is 20.1. The molecule has 0 atom stereocenters. The second-order valence-electron chi connectivity index (χ2n) is 9.35. The van der Waals surface area contributed by atoms with Gasteiger partial charge >= 0.3 is 0 Å². The maximum absolute atomic E-state index is 13.0. The van der Waals surface area contributed by atoms with Crippen molar-refractivity contribution in [3.63, 3.8) is 0 Å². The van der Waals surface area contributed by atoms with Crippen molar-refractivity contribution in [2.45, 2.75) is 38.6 Å². The molecular weight excluding hydrogens is 436 g/mol. The highest BCUT2D eigenvalue weighted by Crippen LogP contribution is 2.27. The van der Waals surface area contributed by atoms with Gasteiger partial charge in [-0.2, -0.15) is 0 Å². The third kappa shape index (κ3) is 5.46. The Morgan fingerprint density at radius 3 is 2.63 bits per heavy atom. The fraction of sp³-hybridized carbons (Fsp3) is 0.286. The quantitative estimate of drug-likeness (QED) is 0.360. The minimum atomic E-state index is -0.154. The number of pyridine rings is 3. The van der Waals surface area contributed by atoms with Crippen LogP contribution in [0.2, 0.25) is 0 Å². The Morgan fingerprint density at radius 1 is 0.971 bits per heavy atom. The molecule has 5 rings (SSSR count). The second-order valence-corrected chi connectivity index (χ2v) is 9.35. The van der Waals surface area contributed by atoms with Crippen molar-refractivity contribution < 1.29 is 4.79 Å². The predicted molar refractivity (Wildman–Crippen MR) is 141 cm³/mol. The van der Waals surface area contributed by atoms with Gasteiger partial charge in [-0.25, -0.2) is 4.98 Å². The average Bonchev–Trinajstić information content (AvgIpc) is 2.88. The van der Waals surface area contributed by atoms with E-state index < -0.39 is 0 Å². The summed E-state index contributed by atoms with van der Waals surface area (Å²) in [4.78, 5) is 26.4. The van der Waals surface area contributed by atoms with Crippen molar-refractivity contribution in [1.82, 2.24) is 20.3 Å². The first kappa shape index (κ1) is 22.9. The molecule has 7 heteroatoms. The Hall–Kier alpha value is -3.84. The van der Waals surface area contributed by atoms with Gasteiger partial charge in [-0.05, 0) is 87.0 Å². The summed E-state index contributed by atoms with van der Waals surface area (Å²) in [7, 11) is 0. The Morgan fingerprint density at radius 2 is 1.80 bits per heavy atom. The molecule has 7 nitrogen and oxygen atoms in total. The van der Waals surface area contributed by atoms with E-state index in [-0.39, 0.29) is 5.91 Å². The number of carbonyl (C=O) groups is 1. The molecule has 1 amide bonds. The van der Waals surface area contributed by atoms with E-state index in [4.69, 9.17) is 0 Å². The fourth-order valence-electron chi connectivity index (χ4n) is 4.53. The summed E-state index contributed by atoms with van der Waals surface area (Å²) in [6.07, 6.45) is 9.34. The summed E-state index contributed by atoms with van der Waals surface area (Å²) in [5, 5.41) is 11.6. The SMILES string of the molecule is CC(C)Nc1cncc(-c2cc3cc(NC(=O)c4cccc(C5CCNCC5)c4)ncc3cn2)c1. The number of nitrogens with zero attached hydrogens (tertiary/aromatic N) is 3. The first-order chi connectivity index (χ1) is 17.0. The van der Waals surface area contributed by atoms with Crippen molar-refractivity contribution in [2.75, 3.05) is 23.7 Å². The molecule has 0 bridgehead atoms. The number of hydrogen-bond acceptors (Lipinski definition) is 6. The minimum Gasteiger partial charge on any atom is -0.382 e. The number of aromatic nitrogens is 3. The largest absolute Gasteiger partial charge is 0.382 e. The summed E-state index contributed by atoms with van der Waals surface area (Å²) < 4.78 is 0. The van der Waals surface area contributed by atoms with Gasteiger partial charge in [-0.1, -0.05) is 12.1 Å². The zero-order valence-electron chi connectivity index (χ0n) is 20.1. The molecule has 178 valence electrons. The van der Waals surface area contributed by atoms with Gasteiger partial charge in [-0.15, -0.1) is 0 Å². The highest BCUT2D eigenvalue weighted by molar-refractivity contribution is 6.04. The lowest BCUT2D eigenvalue weighted by Gasteiger charge is -2.23. The monoisotopic (exact) mass is 466 g/mol. The van der Waals surface area contributed by atoms with Crippen LogP contribution in [0.4, 0.5) is 11.5 Å². The van der Waals surface area contributed by atoms with E-state index in [1.807, 2.05) is 42.6 Å². The van der Waals surface area contributed by atoms with Gasteiger partial charge in [0, 0.05) is 47.3 Å². The summed E-state index contributed by atoms with van der Waals surface area (Å²) in [5.74, 6) is 0.858. The van der Waals surface area contributed by atoms with Crippen molar-refractivity contribution in [3.8, 4) is 11.3 Å². The first-order valence-corrected chi connectivity index (χ1v) is 12.1. The number of nitrogens with one attached hydrogen (secondary N) is 3. The van der Waals surface area contributed by atoms with E-state index in [0.717, 1.165) is 53.6 Å². The summed E-state index contributed by atoms with van der Waals surface area (Å²) >= 11 is 0. The van der Waals surface area contributed by atoms with Crippen molar-refractivity contribution in [3.05, 3.63) is 78.4 Å². The lowest BCUT2D eigenvalue weighted by atomic mass is 9.89. The van der Waals surface area contributed by atoms with E-state index in [1.54, 1.807) is 18.6 Å². The van der Waals surface area contributed by atoms with Crippen molar-refractivity contribution in [2.24, 2.45) is 0 Å². The predicted octanol–water partition coefficient (Wildman–Crippen LogP) is 5.23. The van der Waals surface area contributed by atoms with Crippen LogP contribution >= 0.6 is 0 Å². The molecule has 0 radical (unpaired) electrons. The lowest BCUT2D eigenvalue weighted by Crippen LogP contribution is -2.26. The van der Waals surface area contributed by atoms with Crippen LogP contribution in [0, 0.1) is 0 Å². The maximum atomic E-state index is 13.0. The molecule has 1 aliphatic rings. The molecule has 1 fully saturated rings. The number of anilines is 2. The third-order valence-corrected chi connectivity index (χ3v) is 6.29. The Labute approximate surface area is 205 Å². The van der Waals surface area contributed by atoms with Crippen LogP contribution in [0.1, 0.15) is 48.5 Å². The van der Waals surface area contributed by atoms with Crippen LogP contribution < -0.4 is 16.0 Å². The van der Waals surface area contributed by atoms with E-state index in [2.05, 4.69) is 50.8 Å². The lowest BCUT2D eigenvalue weighted by molar-refractivity contribution is 0.102. The molecule has 1 saturated heterocycles. The van der Waals surface area contributed by atoms with Gasteiger partial charge in [0.15, 0.2) is 0 Å². The van der Waals surface area contributed by atoms with Crippen LogP contribution in [0.3, 0.4) is 0 Å². The smallest absolute Gasteiger partial charge is 0.256 e. The minimum absolute atomic E-state index is 0.154. The molecule has 4 aromatic rings. The van der Waals surface area contributed by atoms with E-state index in [1.165, 1.54) is 5.56 Å². The van der Waals surface area contributed by atoms with Crippen LogP contribution in [0.15, 0.2) is 67.3 Å². The van der Waals surface area contributed by atoms with E-state index in [9.17, 15) is 4.79 Å². The Balaban J connectivity index is 1.36. The van der Waals surface area contributed by atoms with Gasteiger partial charge in [0.05, 0.1) is 11.4 Å². The normalized spacial score (nSPS) is 14.3. The Kier molecular flexibility index (Phi) is 6.68. The standard InChI is InChI=1S/C28H30N6O/c1-18(2)33-25-11-23(14-30-17-25)26-12-22-13-27(32-16-24(22)15-31-26)34-28(35)21-5-3-4-20(10-21)19-6-8-29-9-7-19/h3-5,10-19,29,33H,6-9H2,1-2H3,(H,32,34,35). The topological polar surface area (TPSA) is 91.8 Å². The number of amides is 1. The van der Waals surface area contributed by atoms with Crippen LogP contribution in [0.25, 0.3) is 22.0 Å². The zero-order chi connectivity index (χ0) is 24.2. The number of rotatable bonds is 6. The summed E-state index contributed by atoms with van der Waals surface area (Å²) in [6.45, 7) is 6.22. The van der Waals surface area contributed by atoms with Crippen molar-refractivity contribution >= 4 is 28.2 Å². The third-order valence-electron chi connectivity index (χ3n) is 6.29. The molecule has 1 aliphatic heterocycles. The number of carbonyl (C=O) groups excluding carboxylic acids is 1. The van der Waals surface area contributed by atoms with Crippen LogP contribution in [0.5, 0.6) is 0 Å². The van der Waals surface area contributed by atoms with Gasteiger partial charge < -0.3 is 16.0 Å². The van der Waals surface area contributed by atoms with Gasteiger partial charge in [-0.3, -0.25) is 14.8 Å². The molecule has 3 aromatic heterocycles. The second kappa shape index (κ2) is 10.2. The molecular formula is C28H30N6O. The molecule has 0 saturated carbocycles. The van der Waals surface area contributed by atoms with Gasteiger partial charge in [0.1, 0.15) is 5.82 Å².